The molecule has 1 heterocycles. The third kappa shape index (κ3) is 2.98. The lowest BCUT2D eigenvalue weighted by Gasteiger charge is -2.37. The Hall–Kier alpha value is -1.08. The van der Waals surface area contributed by atoms with Gasteiger partial charge in [-0.15, -0.1) is 0 Å². The van der Waals surface area contributed by atoms with Crippen molar-refractivity contribution in [1.29, 1.82) is 5.26 Å². The van der Waals surface area contributed by atoms with Crippen LogP contribution in [0.4, 0.5) is 0 Å². The van der Waals surface area contributed by atoms with Gasteiger partial charge in [-0.05, 0) is 25.7 Å². The lowest BCUT2D eigenvalue weighted by Crippen LogP contribution is -2.51. The molecule has 0 aromatic rings. The molecule has 2 rings (SSSR count). The van der Waals surface area contributed by atoms with Gasteiger partial charge in [0.15, 0.2) is 0 Å². The molecule has 0 spiro atoms. The maximum atomic E-state index is 12.0. The molecule has 1 aliphatic carbocycles. The molecule has 94 valence electrons. The van der Waals surface area contributed by atoms with Crippen molar-refractivity contribution in [1.82, 2.24) is 9.80 Å². The van der Waals surface area contributed by atoms with Gasteiger partial charge in [0.05, 0.1) is 12.1 Å². The van der Waals surface area contributed by atoms with Crippen molar-refractivity contribution in [3.8, 4) is 6.07 Å². The van der Waals surface area contributed by atoms with E-state index in [4.69, 9.17) is 5.26 Å². The first-order chi connectivity index (χ1) is 8.20. The van der Waals surface area contributed by atoms with Crippen molar-refractivity contribution in [2.75, 3.05) is 26.2 Å². The highest BCUT2D eigenvalue weighted by atomic mass is 16.2. The number of rotatable bonds is 3. The van der Waals surface area contributed by atoms with Gasteiger partial charge in [0.25, 0.3) is 0 Å². The lowest BCUT2D eigenvalue weighted by atomic mass is 9.82. The summed E-state index contributed by atoms with van der Waals surface area (Å²) in [6, 6.07) is 2.22. The number of amides is 1. The first-order valence-electron chi connectivity index (χ1n) is 6.62. The summed E-state index contributed by atoms with van der Waals surface area (Å²) in [5.74, 6) is 0.970. The van der Waals surface area contributed by atoms with E-state index in [-0.39, 0.29) is 6.04 Å². The summed E-state index contributed by atoms with van der Waals surface area (Å²) >= 11 is 0. The molecule has 0 N–H and O–H groups in total. The van der Waals surface area contributed by atoms with Crippen LogP contribution in [0, 0.1) is 17.2 Å². The smallest absolute Gasteiger partial charge is 0.222 e. The molecule has 4 heteroatoms. The first-order valence-corrected chi connectivity index (χ1v) is 6.62. The Morgan fingerprint density at radius 1 is 1.35 bits per heavy atom. The van der Waals surface area contributed by atoms with E-state index in [2.05, 4.69) is 11.0 Å². The highest BCUT2D eigenvalue weighted by Crippen LogP contribution is 2.30. The fraction of sp³-hybridized carbons (Fsp3) is 0.846. The topological polar surface area (TPSA) is 47.3 Å². The summed E-state index contributed by atoms with van der Waals surface area (Å²) in [6.45, 7) is 5.18. The molecule has 0 aromatic heterocycles. The Bertz CT molecular complexity index is 311. The van der Waals surface area contributed by atoms with Crippen LogP contribution in [0.15, 0.2) is 0 Å². The number of piperazine rings is 1. The van der Waals surface area contributed by atoms with Crippen LogP contribution in [0.5, 0.6) is 0 Å². The SMILES string of the molecule is CC(C#N)N1CCN(C(=O)CC2CCC2)CC1. The molecule has 1 unspecified atom stereocenters. The van der Waals surface area contributed by atoms with E-state index in [1.54, 1.807) is 0 Å². The second-order valence-electron chi connectivity index (χ2n) is 5.22. The average Bonchev–Trinajstić information content (AvgIpc) is 2.32. The van der Waals surface area contributed by atoms with Crippen LogP contribution in [-0.4, -0.2) is 47.9 Å². The zero-order chi connectivity index (χ0) is 12.3. The Kier molecular flexibility index (Phi) is 4.01. The monoisotopic (exact) mass is 235 g/mol. The standard InChI is InChI=1S/C13H21N3O/c1-11(10-14)15-5-7-16(8-6-15)13(17)9-12-3-2-4-12/h11-12H,2-9H2,1H3. The second kappa shape index (κ2) is 5.50. The molecule has 2 aliphatic rings. The van der Waals surface area contributed by atoms with Crippen LogP contribution in [0.2, 0.25) is 0 Å². The van der Waals surface area contributed by atoms with E-state index >= 15 is 0 Å². The van der Waals surface area contributed by atoms with Crippen LogP contribution < -0.4 is 0 Å². The number of carbonyl (C=O) groups is 1. The quantitative estimate of drug-likeness (QED) is 0.739. The fourth-order valence-electron chi connectivity index (χ4n) is 2.51. The van der Waals surface area contributed by atoms with Crippen LogP contribution in [-0.2, 0) is 4.79 Å². The number of hydrogen-bond acceptors (Lipinski definition) is 3. The van der Waals surface area contributed by atoms with E-state index in [1.807, 2.05) is 11.8 Å². The Balaban J connectivity index is 1.74. The van der Waals surface area contributed by atoms with Gasteiger partial charge in [0.1, 0.15) is 0 Å². The van der Waals surface area contributed by atoms with E-state index in [0.717, 1.165) is 32.6 Å². The number of hydrogen-bond donors (Lipinski definition) is 0. The molecular weight excluding hydrogens is 214 g/mol. The molecule has 2 fully saturated rings. The van der Waals surface area contributed by atoms with Crippen molar-refractivity contribution in [3.05, 3.63) is 0 Å². The van der Waals surface area contributed by atoms with Gasteiger partial charge < -0.3 is 4.90 Å². The van der Waals surface area contributed by atoms with Crippen LogP contribution in [0.3, 0.4) is 0 Å². The fourth-order valence-corrected chi connectivity index (χ4v) is 2.51. The largest absolute Gasteiger partial charge is 0.340 e. The van der Waals surface area contributed by atoms with Crippen molar-refractivity contribution in [2.45, 2.75) is 38.6 Å². The van der Waals surface area contributed by atoms with Gasteiger partial charge in [-0.25, -0.2) is 0 Å². The van der Waals surface area contributed by atoms with Gasteiger partial charge >= 0.3 is 0 Å². The molecule has 1 amide bonds. The Morgan fingerprint density at radius 3 is 2.47 bits per heavy atom. The summed E-state index contributed by atoms with van der Waals surface area (Å²) in [5, 5.41) is 8.85. The normalized spacial score (nSPS) is 23.9. The van der Waals surface area contributed by atoms with E-state index in [1.165, 1.54) is 19.3 Å². The summed E-state index contributed by atoms with van der Waals surface area (Å²) in [6.07, 6.45) is 4.51. The van der Waals surface area contributed by atoms with E-state index < -0.39 is 0 Å². The number of carbonyl (C=O) groups excluding carboxylic acids is 1. The molecule has 1 saturated heterocycles. The van der Waals surface area contributed by atoms with Crippen molar-refractivity contribution >= 4 is 5.91 Å². The summed E-state index contributed by atoms with van der Waals surface area (Å²) in [5.41, 5.74) is 0. The van der Waals surface area contributed by atoms with Crippen molar-refractivity contribution in [3.63, 3.8) is 0 Å². The molecule has 1 atom stereocenters. The molecule has 0 radical (unpaired) electrons. The molecule has 0 aromatic carbocycles. The van der Waals surface area contributed by atoms with Gasteiger partial charge in [-0.2, -0.15) is 5.26 Å². The van der Waals surface area contributed by atoms with Gasteiger partial charge in [0, 0.05) is 32.6 Å². The van der Waals surface area contributed by atoms with Crippen LogP contribution in [0.1, 0.15) is 32.6 Å². The van der Waals surface area contributed by atoms with Gasteiger partial charge in [-0.1, -0.05) is 6.42 Å². The summed E-state index contributed by atoms with van der Waals surface area (Å²) in [7, 11) is 0. The van der Waals surface area contributed by atoms with E-state index in [9.17, 15) is 4.79 Å². The van der Waals surface area contributed by atoms with E-state index in [0.29, 0.717) is 11.8 Å². The Morgan fingerprint density at radius 2 is 2.00 bits per heavy atom. The molecule has 17 heavy (non-hydrogen) atoms. The summed E-state index contributed by atoms with van der Waals surface area (Å²) < 4.78 is 0. The minimum absolute atomic E-state index is 0.0288. The maximum Gasteiger partial charge on any atom is 0.222 e. The highest BCUT2D eigenvalue weighted by Gasteiger charge is 2.27. The lowest BCUT2D eigenvalue weighted by molar-refractivity contribution is -0.134. The van der Waals surface area contributed by atoms with Crippen molar-refractivity contribution in [2.24, 2.45) is 5.92 Å². The molecule has 0 bridgehead atoms. The summed E-state index contributed by atoms with van der Waals surface area (Å²) in [4.78, 5) is 16.1. The second-order valence-corrected chi connectivity index (χ2v) is 5.22. The zero-order valence-corrected chi connectivity index (χ0v) is 10.6. The maximum absolute atomic E-state index is 12.0. The highest BCUT2D eigenvalue weighted by molar-refractivity contribution is 5.76. The van der Waals surface area contributed by atoms with Crippen LogP contribution >= 0.6 is 0 Å². The minimum atomic E-state index is -0.0288. The molecule has 4 nitrogen and oxygen atoms in total. The van der Waals surface area contributed by atoms with Gasteiger partial charge in [-0.3, -0.25) is 9.69 Å². The van der Waals surface area contributed by atoms with Crippen LogP contribution in [0.25, 0.3) is 0 Å². The Labute approximate surface area is 103 Å². The number of nitrogens with zero attached hydrogens (tertiary/aromatic N) is 3. The number of nitriles is 1. The molecular formula is C13H21N3O. The van der Waals surface area contributed by atoms with Crippen molar-refractivity contribution < 1.29 is 4.79 Å². The zero-order valence-electron chi connectivity index (χ0n) is 10.6. The molecule has 1 aliphatic heterocycles. The third-order valence-electron chi connectivity index (χ3n) is 4.09. The predicted molar refractivity (Wildman–Crippen MR) is 65.2 cm³/mol. The average molecular weight is 235 g/mol. The third-order valence-corrected chi connectivity index (χ3v) is 4.09. The van der Waals surface area contributed by atoms with Gasteiger partial charge in [0.2, 0.25) is 5.91 Å². The minimum Gasteiger partial charge on any atom is -0.340 e. The first kappa shape index (κ1) is 12.4. The predicted octanol–water partition coefficient (Wildman–Crippen LogP) is 1.23. The molecule has 1 saturated carbocycles.